The van der Waals surface area contributed by atoms with Crippen LogP contribution >= 0.6 is 0 Å². The predicted octanol–water partition coefficient (Wildman–Crippen LogP) is 2.19. The molecule has 1 saturated carbocycles. The smallest absolute Gasteiger partial charge is 0.249 e. The van der Waals surface area contributed by atoms with Gasteiger partial charge < -0.3 is 20.3 Å². The lowest BCUT2D eigenvalue weighted by Crippen LogP contribution is -2.52. The molecule has 2 aromatic rings. The van der Waals surface area contributed by atoms with Gasteiger partial charge in [-0.05, 0) is 31.9 Å². The minimum absolute atomic E-state index is 0.162. The summed E-state index contributed by atoms with van der Waals surface area (Å²) in [6, 6.07) is 7.01. The highest BCUT2D eigenvalue weighted by Gasteiger charge is 2.38. The number of methoxy groups -OCH3 is 1. The Balaban J connectivity index is 1.74. The van der Waals surface area contributed by atoms with Gasteiger partial charge in [0.15, 0.2) is 0 Å². The van der Waals surface area contributed by atoms with Gasteiger partial charge in [0.25, 0.3) is 0 Å². The fourth-order valence-electron chi connectivity index (χ4n) is 2.98. The van der Waals surface area contributed by atoms with Gasteiger partial charge in [-0.1, -0.05) is 30.1 Å². The van der Waals surface area contributed by atoms with Crippen LogP contribution in [0.1, 0.15) is 44.5 Å². The van der Waals surface area contributed by atoms with Gasteiger partial charge in [-0.3, -0.25) is 4.79 Å². The van der Waals surface area contributed by atoms with E-state index in [0.717, 1.165) is 18.4 Å². The van der Waals surface area contributed by atoms with E-state index in [9.17, 15) is 4.79 Å². The summed E-state index contributed by atoms with van der Waals surface area (Å²) in [5.41, 5.74) is 6.13. The van der Waals surface area contributed by atoms with E-state index in [4.69, 9.17) is 15.0 Å². The zero-order chi connectivity index (χ0) is 17.2. The third-order valence-corrected chi connectivity index (χ3v) is 4.46. The lowest BCUT2D eigenvalue weighted by atomic mass is 9.98. The molecule has 7 heteroatoms. The molecular formula is C17H22N4O3. The Labute approximate surface area is 140 Å². The van der Waals surface area contributed by atoms with Gasteiger partial charge in [-0.2, -0.15) is 4.98 Å². The van der Waals surface area contributed by atoms with Crippen LogP contribution in [0.4, 0.5) is 0 Å². The number of hydrogen-bond acceptors (Lipinski definition) is 6. The summed E-state index contributed by atoms with van der Waals surface area (Å²) in [6.45, 7) is 1.80. The molecule has 0 aliphatic heterocycles. The molecule has 3 rings (SSSR count). The summed E-state index contributed by atoms with van der Waals surface area (Å²) < 4.78 is 10.6. The summed E-state index contributed by atoms with van der Waals surface area (Å²) in [6.07, 6.45) is 3.39. The molecular weight excluding hydrogens is 308 g/mol. The zero-order valence-electron chi connectivity index (χ0n) is 13.9. The van der Waals surface area contributed by atoms with Crippen molar-refractivity contribution in [3.8, 4) is 17.1 Å². The lowest BCUT2D eigenvalue weighted by Gasteiger charge is -2.23. The van der Waals surface area contributed by atoms with E-state index in [-0.39, 0.29) is 5.91 Å². The van der Waals surface area contributed by atoms with Crippen LogP contribution in [0.3, 0.4) is 0 Å². The highest BCUT2D eigenvalue weighted by Crippen LogP contribution is 2.29. The molecule has 7 nitrogen and oxygen atoms in total. The number of para-hydroxylation sites is 1. The molecule has 1 aliphatic rings. The first kappa shape index (κ1) is 16.4. The van der Waals surface area contributed by atoms with E-state index in [1.165, 1.54) is 0 Å². The number of carbonyl (C=O) groups excluding carboxylic acids is 1. The van der Waals surface area contributed by atoms with Crippen LogP contribution in [-0.2, 0) is 4.79 Å². The minimum atomic E-state index is -0.778. The Morgan fingerprint density at radius 2 is 2.08 bits per heavy atom. The first-order chi connectivity index (χ1) is 11.5. The van der Waals surface area contributed by atoms with Crippen molar-refractivity contribution in [2.45, 2.75) is 44.2 Å². The second-order valence-corrected chi connectivity index (χ2v) is 6.21. The van der Waals surface area contributed by atoms with Crippen molar-refractivity contribution in [2.24, 2.45) is 5.73 Å². The van der Waals surface area contributed by atoms with Crippen LogP contribution < -0.4 is 15.8 Å². The summed E-state index contributed by atoms with van der Waals surface area (Å²) in [7, 11) is 1.59. The Bertz CT molecular complexity index is 722. The molecule has 3 N–H and O–H groups in total. The van der Waals surface area contributed by atoms with Crippen LogP contribution in [0.25, 0.3) is 11.4 Å². The lowest BCUT2D eigenvalue weighted by molar-refractivity contribution is -0.127. The first-order valence-corrected chi connectivity index (χ1v) is 8.10. The van der Waals surface area contributed by atoms with Crippen LogP contribution in [0, 0.1) is 0 Å². The van der Waals surface area contributed by atoms with Crippen molar-refractivity contribution < 1.29 is 14.1 Å². The summed E-state index contributed by atoms with van der Waals surface area (Å²) in [5, 5.41) is 6.87. The molecule has 1 aromatic carbocycles. The predicted molar refractivity (Wildman–Crippen MR) is 88.2 cm³/mol. The largest absolute Gasteiger partial charge is 0.496 e. The maximum Gasteiger partial charge on any atom is 0.249 e. The Kier molecular flexibility index (Phi) is 4.53. The van der Waals surface area contributed by atoms with E-state index >= 15 is 0 Å². The molecule has 1 amide bonds. The molecule has 1 aliphatic carbocycles. The number of benzene rings is 1. The van der Waals surface area contributed by atoms with E-state index < -0.39 is 11.6 Å². The van der Waals surface area contributed by atoms with Crippen molar-refractivity contribution in [1.82, 2.24) is 15.5 Å². The number of nitrogens with one attached hydrogen (secondary N) is 1. The third kappa shape index (κ3) is 3.12. The van der Waals surface area contributed by atoms with Crippen molar-refractivity contribution >= 4 is 5.91 Å². The SMILES string of the molecule is COc1ccccc1-c1noc(C(C)NC(=O)C2(N)CCCC2)n1. The molecule has 0 saturated heterocycles. The van der Waals surface area contributed by atoms with Crippen LogP contribution in [0.2, 0.25) is 0 Å². The number of hydrogen-bond donors (Lipinski definition) is 2. The van der Waals surface area contributed by atoms with Gasteiger partial charge in [0.1, 0.15) is 11.8 Å². The highest BCUT2D eigenvalue weighted by atomic mass is 16.5. The normalized spacial score (nSPS) is 17.5. The van der Waals surface area contributed by atoms with Gasteiger partial charge in [0, 0.05) is 0 Å². The van der Waals surface area contributed by atoms with E-state index in [2.05, 4.69) is 15.5 Å². The molecule has 1 unspecified atom stereocenters. The van der Waals surface area contributed by atoms with Crippen molar-refractivity contribution in [1.29, 1.82) is 0 Å². The summed E-state index contributed by atoms with van der Waals surface area (Å²) >= 11 is 0. The molecule has 1 atom stereocenters. The van der Waals surface area contributed by atoms with Crippen LogP contribution in [0.5, 0.6) is 5.75 Å². The number of carbonyl (C=O) groups is 1. The number of rotatable bonds is 5. The molecule has 24 heavy (non-hydrogen) atoms. The highest BCUT2D eigenvalue weighted by molar-refractivity contribution is 5.86. The number of aromatic nitrogens is 2. The second kappa shape index (κ2) is 6.60. The maximum atomic E-state index is 12.4. The number of nitrogens with zero attached hydrogens (tertiary/aromatic N) is 2. The average Bonchev–Trinajstić information content (AvgIpc) is 3.24. The Hall–Kier alpha value is -2.41. The molecule has 1 fully saturated rings. The number of amides is 1. The van der Waals surface area contributed by atoms with E-state index in [0.29, 0.717) is 30.3 Å². The van der Waals surface area contributed by atoms with Gasteiger partial charge in [-0.15, -0.1) is 0 Å². The van der Waals surface area contributed by atoms with Gasteiger partial charge in [-0.25, -0.2) is 0 Å². The van der Waals surface area contributed by atoms with Gasteiger partial charge in [0.2, 0.25) is 17.6 Å². The van der Waals surface area contributed by atoms with Gasteiger partial charge >= 0.3 is 0 Å². The summed E-state index contributed by atoms with van der Waals surface area (Å²) in [5.74, 6) is 1.26. The van der Waals surface area contributed by atoms with Crippen molar-refractivity contribution in [3.05, 3.63) is 30.2 Å². The van der Waals surface area contributed by atoms with Crippen LogP contribution in [-0.4, -0.2) is 28.7 Å². The first-order valence-electron chi connectivity index (χ1n) is 8.10. The fourth-order valence-corrected chi connectivity index (χ4v) is 2.98. The maximum absolute atomic E-state index is 12.4. The monoisotopic (exact) mass is 330 g/mol. The second-order valence-electron chi connectivity index (χ2n) is 6.21. The topological polar surface area (TPSA) is 103 Å². The number of nitrogens with two attached hydrogens (primary N) is 1. The zero-order valence-corrected chi connectivity index (χ0v) is 13.9. The summed E-state index contributed by atoms with van der Waals surface area (Å²) in [4.78, 5) is 16.8. The quantitative estimate of drug-likeness (QED) is 0.871. The number of ether oxygens (including phenoxy) is 1. The average molecular weight is 330 g/mol. The molecule has 1 heterocycles. The molecule has 0 radical (unpaired) electrons. The van der Waals surface area contributed by atoms with E-state index in [1.54, 1.807) is 14.0 Å². The molecule has 128 valence electrons. The minimum Gasteiger partial charge on any atom is -0.496 e. The Morgan fingerprint density at radius 3 is 2.79 bits per heavy atom. The third-order valence-electron chi connectivity index (χ3n) is 4.46. The van der Waals surface area contributed by atoms with Crippen molar-refractivity contribution in [2.75, 3.05) is 7.11 Å². The van der Waals surface area contributed by atoms with Gasteiger partial charge in [0.05, 0.1) is 18.2 Å². The fraction of sp³-hybridized carbons (Fsp3) is 0.471. The standard InChI is InChI=1S/C17H22N4O3/c1-11(19-16(22)17(18)9-5-6-10-17)15-20-14(21-24-15)12-7-3-4-8-13(12)23-2/h3-4,7-8,11H,5-6,9-10,18H2,1-2H3,(H,19,22). The Morgan fingerprint density at radius 1 is 1.38 bits per heavy atom. The van der Waals surface area contributed by atoms with Crippen molar-refractivity contribution in [3.63, 3.8) is 0 Å². The molecule has 0 spiro atoms. The van der Waals surface area contributed by atoms with Crippen LogP contribution in [0.15, 0.2) is 28.8 Å². The van der Waals surface area contributed by atoms with E-state index in [1.807, 2.05) is 24.3 Å². The molecule has 0 bridgehead atoms. The molecule has 1 aromatic heterocycles.